The molecule has 0 aliphatic heterocycles. The number of nitrogens with zero attached hydrogens (tertiary/aromatic N) is 1. The molecule has 0 spiro atoms. The lowest BCUT2D eigenvalue weighted by Gasteiger charge is -2.20. The fourth-order valence-corrected chi connectivity index (χ4v) is 0.838. The first-order valence-electron chi connectivity index (χ1n) is 3.75. The van der Waals surface area contributed by atoms with Crippen LogP contribution in [0.2, 0.25) is 0 Å². The van der Waals surface area contributed by atoms with Gasteiger partial charge in [-0.05, 0) is 13.1 Å². The van der Waals surface area contributed by atoms with E-state index in [1.165, 1.54) is 0 Å². The van der Waals surface area contributed by atoms with Crippen LogP contribution in [-0.2, 0) is 0 Å². The Morgan fingerprint density at radius 2 is 1.73 bits per heavy atom. The third-order valence-corrected chi connectivity index (χ3v) is 1.57. The van der Waals surface area contributed by atoms with E-state index in [0.717, 1.165) is 13.1 Å². The Morgan fingerprint density at radius 3 is 2.00 bits per heavy atom. The van der Waals surface area contributed by atoms with Crippen molar-refractivity contribution in [2.24, 2.45) is 0 Å². The molecule has 0 bridgehead atoms. The highest BCUT2D eigenvalue weighted by Gasteiger charge is 2.05. The third-order valence-electron chi connectivity index (χ3n) is 1.57. The van der Waals surface area contributed by atoms with Crippen LogP contribution < -0.4 is 0 Å². The average Bonchev–Trinajstić information content (AvgIpc) is 1.99. The molecule has 0 saturated carbocycles. The van der Waals surface area contributed by atoms with E-state index in [1.54, 1.807) is 0 Å². The molecule has 1 unspecified atom stereocenters. The monoisotopic (exact) mass is 183 g/mol. The van der Waals surface area contributed by atoms with Crippen LogP contribution in [0.4, 0.5) is 0 Å². The molecule has 0 rings (SSSR count). The summed E-state index contributed by atoms with van der Waals surface area (Å²) < 4.78 is 0. The van der Waals surface area contributed by atoms with Crippen LogP contribution >= 0.6 is 12.4 Å². The van der Waals surface area contributed by atoms with Crippen LogP contribution in [0.25, 0.3) is 0 Å². The molecule has 4 heteroatoms. The second-order valence-corrected chi connectivity index (χ2v) is 2.32. The molecule has 0 saturated heterocycles. The maximum Gasteiger partial charge on any atom is 0.0897 e. The molecule has 0 fully saturated rings. The van der Waals surface area contributed by atoms with Gasteiger partial charge in [0.05, 0.1) is 12.7 Å². The predicted molar refractivity (Wildman–Crippen MR) is 48.1 cm³/mol. The van der Waals surface area contributed by atoms with Gasteiger partial charge in [-0.25, -0.2) is 0 Å². The SMILES string of the molecule is CCN(CC)CC(O)CO.Cl. The Hall–Kier alpha value is 0.170. The van der Waals surface area contributed by atoms with Gasteiger partial charge in [-0.15, -0.1) is 12.4 Å². The fraction of sp³-hybridized carbons (Fsp3) is 1.00. The minimum Gasteiger partial charge on any atom is -0.394 e. The highest BCUT2D eigenvalue weighted by Crippen LogP contribution is 1.90. The second kappa shape index (κ2) is 8.27. The van der Waals surface area contributed by atoms with Crippen LogP contribution in [-0.4, -0.2) is 47.5 Å². The van der Waals surface area contributed by atoms with Crippen LogP contribution in [0.5, 0.6) is 0 Å². The molecular weight excluding hydrogens is 166 g/mol. The van der Waals surface area contributed by atoms with Gasteiger partial charge in [0.1, 0.15) is 0 Å². The average molecular weight is 184 g/mol. The number of hydrogen-bond donors (Lipinski definition) is 2. The number of rotatable bonds is 5. The zero-order valence-electron chi connectivity index (χ0n) is 7.16. The molecular formula is C7H18ClNO2. The molecule has 0 heterocycles. The van der Waals surface area contributed by atoms with E-state index >= 15 is 0 Å². The second-order valence-electron chi connectivity index (χ2n) is 2.32. The van der Waals surface area contributed by atoms with Gasteiger partial charge in [0.2, 0.25) is 0 Å². The molecule has 3 nitrogen and oxygen atoms in total. The zero-order valence-corrected chi connectivity index (χ0v) is 7.97. The summed E-state index contributed by atoms with van der Waals surface area (Å²) in [5.74, 6) is 0. The fourth-order valence-electron chi connectivity index (χ4n) is 0.838. The first-order valence-corrected chi connectivity index (χ1v) is 3.75. The van der Waals surface area contributed by atoms with Crippen molar-refractivity contribution < 1.29 is 10.2 Å². The summed E-state index contributed by atoms with van der Waals surface area (Å²) >= 11 is 0. The van der Waals surface area contributed by atoms with Crippen molar-refractivity contribution in [3.8, 4) is 0 Å². The number of aliphatic hydroxyl groups is 2. The Balaban J connectivity index is 0. The number of hydrogen-bond acceptors (Lipinski definition) is 3. The van der Waals surface area contributed by atoms with Crippen molar-refractivity contribution in [2.45, 2.75) is 20.0 Å². The molecule has 0 aromatic rings. The van der Waals surface area contributed by atoms with E-state index in [4.69, 9.17) is 10.2 Å². The van der Waals surface area contributed by atoms with E-state index in [1.807, 2.05) is 13.8 Å². The van der Waals surface area contributed by atoms with E-state index in [-0.39, 0.29) is 19.0 Å². The molecule has 0 aliphatic carbocycles. The number of aliphatic hydroxyl groups excluding tert-OH is 2. The van der Waals surface area contributed by atoms with Crippen molar-refractivity contribution in [3.63, 3.8) is 0 Å². The van der Waals surface area contributed by atoms with Gasteiger partial charge in [-0.2, -0.15) is 0 Å². The van der Waals surface area contributed by atoms with Gasteiger partial charge in [0.25, 0.3) is 0 Å². The van der Waals surface area contributed by atoms with Gasteiger partial charge in [0.15, 0.2) is 0 Å². The first kappa shape index (κ1) is 13.7. The summed E-state index contributed by atoms with van der Waals surface area (Å²) in [5.41, 5.74) is 0. The largest absolute Gasteiger partial charge is 0.394 e. The standard InChI is InChI=1S/C7H17NO2.ClH/c1-3-8(4-2)5-7(10)6-9;/h7,9-10H,3-6H2,1-2H3;1H. The van der Waals surface area contributed by atoms with Crippen molar-refractivity contribution in [3.05, 3.63) is 0 Å². The lowest BCUT2D eigenvalue weighted by molar-refractivity contribution is 0.0623. The smallest absolute Gasteiger partial charge is 0.0897 e. The minimum absolute atomic E-state index is 0. The summed E-state index contributed by atoms with van der Waals surface area (Å²) in [5, 5.41) is 17.5. The Labute approximate surface area is 74.4 Å². The summed E-state index contributed by atoms with van der Waals surface area (Å²) in [7, 11) is 0. The highest BCUT2D eigenvalue weighted by molar-refractivity contribution is 5.85. The Kier molecular flexibility index (Phi) is 10.3. The van der Waals surface area contributed by atoms with E-state index in [0.29, 0.717) is 6.54 Å². The van der Waals surface area contributed by atoms with Crippen molar-refractivity contribution >= 4 is 12.4 Å². The third kappa shape index (κ3) is 6.56. The lowest BCUT2D eigenvalue weighted by Crippen LogP contribution is -2.33. The topological polar surface area (TPSA) is 43.7 Å². The van der Waals surface area contributed by atoms with Crippen LogP contribution in [0, 0.1) is 0 Å². The Bertz CT molecular complexity index is 78.8. The van der Waals surface area contributed by atoms with E-state index in [2.05, 4.69) is 4.90 Å². The predicted octanol–water partition coefficient (Wildman–Crippen LogP) is 0.103. The number of likely N-dealkylation sites (N-methyl/N-ethyl adjacent to an activating group) is 1. The van der Waals surface area contributed by atoms with Crippen molar-refractivity contribution in [1.29, 1.82) is 0 Å². The van der Waals surface area contributed by atoms with Crippen molar-refractivity contribution in [1.82, 2.24) is 4.90 Å². The normalized spacial score (nSPS) is 12.8. The van der Waals surface area contributed by atoms with Crippen LogP contribution in [0.3, 0.4) is 0 Å². The molecule has 70 valence electrons. The molecule has 2 N–H and O–H groups in total. The van der Waals surface area contributed by atoms with E-state index in [9.17, 15) is 0 Å². The highest BCUT2D eigenvalue weighted by atomic mass is 35.5. The zero-order chi connectivity index (χ0) is 7.98. The van der Waals surface area contributed by atoms with Gasteiger partial charge < -0.3 is 15.1 Å². The molecule has 0 amide bonds. The first-order chi connectivity index (χ1) is 4.74. The molecule has 1 atom stereocenters. The quantitative estimate of drug-likeness (QED) is 0.636. The lowest BCUT2D eigenvalue weighted by atomic mass is 10.3. The number of halogens is 1. The molecule has 0 aliphatic rings. The van der Waals surface area contributed by atoms with E-state index < -0.39 is 6.10 Å². The van der Waals surface area contributed by atoms with Gasteiger partial charge >= 0.3 is 0 Å². The Morgan fingerprint density at radius 1 is 1.27 bits per heavy atom. The summed E-state index contributed by atoms with van der Waals surface area (Å²) in [6, 6.07) is 0. The van der Waals surface area contributed by atoms with Gasteiger partial charge in [-0.3, -0.25) is 0 Å². The van der Waals surface area contributed by atoms with Crippen LogP contribution in [0.1, 0.15) is 13.8 Å². The van der Waals surface area contributed by atoms with Crippen molar-refractivity contribution in [2.75, 3.05) is 26.2 Å². The molecule has 0 aromatic carbocycles. The molecule has 0 radical (unpaired) electrons. The minimum atomic E-state index is -0.583. The van der Waals surface area contributed by atoms with Gasteiger partial charge in [-0.1, -0.05) is 13.8 Å². The maximum absolute atomic E-state index is 9.00. The summed E-state index contributed by atoms with van der Waals surface area (Å²) in [6.45, 7) is 6.35. The molecule has 11 heavy (non-hydrogen) atoms. The van der Waals surface area contributed by atoms with Gasteiger partial charge in [0, 0.05) is 6.54 Å². The maximum atomic E-state index is 9.00. The molecule has 0 aromatic heterocycles. The summed E-state index contributed by atoms with van der Waals surface area (Å²) in [6.07, 6.45) is -0.583. The van der Waals surface area contributed by atoms with Crippen LogP contribution in [0.15, 0.2) is 0 Å². The summed E-state index contributed by atoms with van der Waals surface area (Å²) in [4.78, 5) is 2.07.